The lowest BCUT2D eigenvalue weighted by Gasteiger charge is -2.09. The first-order valence-corrected chi connectivity index (χ1v) is 9.05. The Hall–Kier alpha value is -3.00. The van der Waals surface area contributed by atoms with Crippen LogP contribution in [0.25, 0.3) is 33.1 Å². The zero-order valence-corrected chi connectivity index (χ0v) is 15.2. The third kappa shape index (κ3) is 2.68. The summed E-state index contributed by atoms with van der Waals surface area (Å²) in [6.45, 7) is 0. The number of aryl methyl sites for hydroxylation is 1. The fourth-order valence-corrected chi connectivity index (χ4v) is 3.20. The molecule has 0 aliphatic carbocycles. The van der Waals surface area contributed by atoms with Gasteiger partial charge in [0.05, 0.1) is 24.4 Å². The third-order valence-electron chi connectivity index (χ3n) is 4.09. The van der Waals surface area contributed by atoms with Gasteiger partial charge in [-0.3, -0.25) is 4.68 Å². The zero-order chi connectivity index (χ0) is 18.3. The smallest absolute Gasteiger partial charge is 0.337 e. The van der Waals surface area contributed by atoms with Crippen molar-refractivity contribution in [3.05, 3.63) is 42.4 Å². The minimum Gasteiger partial charge on any atom is -0.465 e. The van der Waals surface area contributed by atoms with E-state index in [1.807, 2.05) is 25.6 Å². The molecule has 4 rings (SSSR count). The van der Waals surface area contributed by atoms with Gasteiger partial charge in [0.1, 0.15) is 11.2 Å². The summed E-state index contributed by atoms with van der Waals surface area (Å²) < 4.78 is 6.53. The van der Waals surface area contributed by atoms with Gasteiger partial charge in [-0.15, -0.1) is 0 Å². The number of aromatic nitrogens is 5. The molecule has 0 fully saturated rings. The lowest BCUT2D eigenvalue weighted by Crippen LogP contribution is -2.01. The zero-order valence-electron chi connectivity index (χ0n) is 14.4. The monoisotopic (exact) mass is 365 g/mol. The average Bonchev–Trinajstić information content (AvgIpc) is 3.11. The minimum atomic E-state index is -0.397. The normalized spacial score (nSPS) is 11.2. The van der Waals surface area contributed by atoms with Crippen LogP contribution in [0.1, 0.15) is 10.4 Å². The second kappa shape index (κ2) is 6.38. The van der Waals surface area contributed by atoms with Crippen molar-refractivity contribution in [2.45, 2.75) is 5.16 Å². The molecule has 1 aromatic carbocycles. The van der Waals surface area contributed by atoms with Crippen molar-refractivity contribution in [1.82, 2.24) is 24.7 Å². The Balaban J connectivity index is 2.08. The quantitative estimate of drug-likeness (QED) is 0.239. The molecule has 3 aromatic heterocycles. The summed E-state index contributed by atoms with van der Waals surface area (Å²) in [7, 11) is 3.21. The van der Waals surface area contributed by atoms with Crippen LogP contribution in [0.2, 0.25) is 0 Å². The fourth-order valence-electron chi connectivity index (χ4n) is 2.86. The lowest BCUT2D eigenvalue weighted by molar-refractivity contribution is 0.0601. The maximum Gasteiger partial charge on any atom is 0.337 e. The predicted molar refractivity (Wildman–Crippen MR) is 100 cm³/mol. The highest BCUT2D eigenvalue weighted by Crippen LogP contribution is 2.32. The van der Waals surface area contributed by atoms with Gasteiger partial charge in [0.25, 0.3) is 0 Å². The highest BCUT2D eigenvalue weighted by Gasteiger charge is 2.16. The Morgan fingerprint density at radius 3 is 2.73 bits per heavy atom. The number of rotatable bonds is 3. The highest BCUT2D eigenvalue weighted by atomic mass is 32.2. The standard InChI is InChI=1S/C18H15N5O2S/c1-23-9-11(7-20-23)15-16-13(8-19-18(22-16)26-3)12-5-4-10(17(24)25-2)6-14(12)21-15/h4-9H,1-3H3. The number of carbonyl (C=O) groups is 1. The molecule has 0 spiro atoms. The highest BCUT2D eigenvalue weighted by molar-refractivity contribution is 7.98. The summed E-state index contributed by atoms with van der Waals surface area (Å²) >= 11 is 1.48. The number of benzene rings is 1. The maximum absolute atomic E-state index is 11.9. The van der Waals surface area contributed by atoms with Gasteiger partial charge in [0, 0.05) is 35.8 Å². The summed E-state index contributed by atoms with van der Waals surface area (Å²) in [6.07, 6.45) is 7.37. The van der Waals surface area contributed by atoms with E-state index in [2.05, 4.69) is 15.1 Å². The minimum absolute atomic E-state index is 0.397. The predicted octanol–water partition coefficient (Wildman–Crippen LogP) is 3.09. The van der Waals surface area contributed by atoms with Gasteiger partial charge in [-0.1, -0.05) is 17.8 Å². The van der Waals surface area contributed by atoms with Gasteiger partial charge in [-0.25, -0.2) is 19.7 Å². The van der Waals surface area contributed by atoms with Crippen molar-refractivity contribution in [1.29, 1.82) is 0 Å². The molecule has 0 N–H and O–H groups in total. The fraction of sp³-hybridized carbons (Fsp3) is 0.167. The summed E-state index contributed by atoms with van der Waals surface area (Å²) in [5.74, 6) is -0.397. The van der Waals surface area contributed by atoms with Gasteiger partial charge in [-0.05, 0) is 18.4 Å². The lowest BCUT2D eigenvalue weighted by atomic mass is 10.0. The molecule has 0 saturated heterocycles. The molecular weight excluding hydrogens is 350 g/mol. The first kappa shape index (κ1) is 16.5. The molecule has 4 aromatic rings. The van der Waals surface area contributed by atoms with Gasteiger partial charge >= 0.3 is 5.97 Å². The number of hydrogen-bond acceptors (Lipinski definition) is 7. The maximum atomic E-state index is 11.9. The summed E-state index contributed by atoms with van der Waals surface area (Å²) in [4.78, 5) is 25.7. The molecule has 0 atom stereocenters. The number of carbonyl (C=O) groups excluding carboxylic acids is 1. The molecule has 0 aliphatic rings. The number of thioether (sulfide) groups is 1. The molecule has 0 aliphatic heterocycles. The first-order chi connectivity index (χ1) is 12.6. The summed E-state index contributed by atoms with van der Waals surface area (Å²) in [6, 6.07) is 5.30. The summed E-state index contributed by atoms with van der Waals surface area (Å²) in [5.41, 5.74) is 3.45. The van der Waals surface area contributed by atoms with Crippen LogP contribution >= 0.6 is 11.8 Å². The SMILES string of the molecule is COC(=O)c1ccc2c(c1)nc(-c1cnn(C)c1)c1nc(SC)ncc12. The van der Waals surface area contributed by atoms with Crippen LogP contribution in [-0.2, 0) is 11.8 Å². The van der Waals surface area contributed by atoms with E-state index in [0.717, 1.165) is 21.9 Å². The largest absolute Gasteiger partial charge is 0.465 e. The van der Waals surface area contributed by atoms with E-state index < -0.39 is 5.97 Å². The van der Waals surface area contributed by atoms with Crippen LogP contribution in [0.15, 0.2) is 41.9 Å². The second-order valence-electron chi connectivity index (χ2n) is 5.71. The van der Waals surface area contributed by atoms with Crippen molar-refractivity contribution in [2.24, 2.45) is 7.05 Å². The van der Waals surface area contributed by atoms with Crippen molar-refractivity contribution < 1.29 is 9.53 Å². The molecule has 7 nitrogen and oxygen atoms in total. The van der Waals surface area contributed by atoms with Crippen LogP contribution in [-0.4, -0.2) is 44.1 Å². The second-order valence-corrected chi connectivity index (χ2v) is 6.48. The molecule has 3 heterocycles. The van der Waals surface area contributed by atoms with Crippen molar-refractivity contribution >= 4 is 39.5 Å². The van der Waals surface area contributed by atoms with Gasteiger partial charge in [-0.2, -0.15) is 5.10 Å². The van der Waals surface area contributed by atoms with E-state index in [1.54, 1.807) is 29.2 Å². The van der Waals surface area contributed by atoms with Gasteiger partial charge in [0.2, 0.25) is 0 Å². The number of fused-ring (bicyclic) bond motifs is 3. The molecule has 130 valence electrons. The molecule has 0 bridgehead atoms. The van der Waals surface area contributed by atoms with Crippen LogP contribution in [0, 0.1) is 0 Å². The third-order valence-corrected chi connectivity index (χ3v) is 4.65. The van der Waals surface area contributed by atoms with E-state index in [1.165, 1.54) is 18.9 Å². The van der Waals surface area contributed by atoms with E-state index in [9.17, 15) is 4.79 Å². The average molecular weight is 365 g/mol. The molecule has 0 amide bonds. The molecule has 0 radical (unpaired) electrons. The number of hydrogen-bond donors (Lipinski definition) is 0. The number of ether oxygens (including phenoxy) is 1. The molecule has 0 unspecified atom stereocenters. The van der Waals surface area contributed by atoms with Crippen LogP contribution in [0.5, 0.6) is 0 Å². The van der Waals surface area contributed by atoms with Gasteiger partial charge in [0.15, 0.2) is 5.16 Å². The number of pyridine rings is 1. The molecule has 0 saturated carbocycles. The number of methoxy groups -OCH3 is 1. The molecule has 26 heavy (non-hydrogen) atoms. The van der Waals surface area contributed by atoms with Crippen LogP contribution < -0.4 is 0 Å². The van der Waals surface area contributed by atoms with Crippen molar-refractivity contribution in [2.75, 3.05) is 13.4 Å². The Morgan fingerprint density at radius 1 is 1.19 bits per heavy atom. The van der Waals surface area contributed by atoms with E-state index in [-0.39, 0.29) is 0 Å². The Morgan fingerprint density at radius 2 is 2.04 bits per heavy atom. The van der Waals surface area contributed by atoms with Crippen LogP contribution in [0.4, 0.5) is 0 Å². The first-order valence-electron chi connectivity index (χ1n) is 7.82. The summed E-state index contributed by atoms with van der Waals surface area (Å²) in [5, 5.41) is 6.67. The number of nitrogens with zero attached hydrogens (tertiary/aromatic N) is 5. The molecular formula is C18H15N5O2S. The van der Waals surface area contributed by atoms with E-state index in [4.69, 9.17) is 9.72 Å². The Kier molecular flexibility index (Phi) is 4.04. The van der Waals surface area contributed by atoms with E-state index in [0.29, 0.717) is 21.9 Å². The van der Waals surface area contributed by atoms with Gasteiger partial charge < -0.3 is 4.74 Å². The topological polar surface area (TPSA) is 82.8 Å². The molecule has 8 heteroatoms. The van der Waals surface area contributed by atoms with Crippen LogP contribution in [0.3, 0.4) is 0 Å². The Labute approximate surface area is 153 Å². The Bertz CT molecular complexity index is 1160. The van der Waals surface area contributed by atoms with Crippen molar-refractivity contribution in [3.63, 3.8) is 0 Å². The number of esters is 1. The van der Waals surface area contributed by atoms with Crippen molar-refractivity contribution in [3.8, 4) is 11.3 Å². The van der Waals surface area contributed by atoms with E-state index >= 15 is 0 Å².